The number of carbonyl (C=O) groups is 1. The van der Waals surface area contributed by atoms with Crippen molar-refractivity contribution < 1.29 is 4.79 Å². The largest absolute Gasteiger partial charge is 0.329 e. The summed E-state index contributed by atoms with van der Waals surface area (Å²) in [4.78, 5) is 22.0. The number of carbonyl (C=O) groups excluding carboxylic acids is 1. The molecule has 0 bridgehead atoms. The summed E-state index contributed by atoms with van der Waals surface area (Å²) >= 11 is 4.99. The van der Waals surface area contributed by atoms with Crippen LogP contribution in [0.4, 0.5) is 0 Å². The Balaban J connectivity index is 1.20. The zero-order valence-electron chi connectivity index (χ0n) is 16.8. The van der Waals surface area contributed by atoms with Crippen LogP contribution in [-0.4, -0.2) is 37.1 Å². The van der Waals surface area contributed by atoms with Gasteiger partial charge in [0.1, 0.15) is 10.7 Å². The van der Waals surface area contributed by atoms with Crippen molar-refractivity contribution in [3.05, 3.63) is 76.1 Å². The van der Waals surface area contributed by atoms with E-state index >= 15 is 0 Å². The molecule has 1 aliphatic heterocycles. The number of amides is 1. The highest BCUT2D eigenvalue weighted by Crippen LogP contribution is 2.32. The van der Waals surface area contributed by atoms with Crippen LogP contribution in [0.1, 0.15) is 16.2 Å². The van der Waals surface area contributed by atoms with Crippen molar-refractivity contribution in [3.8, 4) is 31.8 Å². The number of thiophene rings is 2. The van der Waals surface area contributed by atoms with E-state index in [2.05, 4.69) is 37.7 Å². The maximum Gasteiger partial charge on any atom is 0.254 e. The number of thiazole rings is 1. The summed E-state index contributed by atoms with van der Waals surface area (Å²) in [6.07, 6.45) is 0. The lowest BCUT2D eigenvalue weighted by Gasteiger charge is -2.27. The van der Waals surface area contributed by atoms with Gasteiger partial charge >= 0.3 is 0 Å². The Morgan fingerprint density at radius 1 is 0.875 bits per heavy atom. The van der Waals surface area contributed by atoms with Crippen LogP contribution in [0.25, 0.3) is 31.8 Å². The summed E-state index contributed by atoms with van der Waals surface area (Å²) < 4.78 is 2.08. The fourth-order valence-electron chi connectivity index (χ4n) is 3.81. The molecule has 1 aromatic carbocycles. The molecule has 0 unspecified atom stereocenters. The van der Waals surface area contributed by atoms with E-state index in [4.69, 9.17) is 4.98 Å². The third-order valence-electron chi connectivity index (χ3n) is 5.44. The Labute approximate surface area is 196 Å². The van der Waals surface area contributed by atoms with Gasteiger partial charge in [0, 0.05) is 28.9 Å². The summed E-state index contributed by atoms with van der Waals surface area (Å²) in [6, 6.07) is 16.1. The van der Waals surface area contributed by atoms with Crippen LogP contribution in [0.5, 0.6) is 0 Å². The summed E-state index contributed by atoms with van der Waals surface area (Å²) in [7, 11) is 0. The lowest BCUT2D eigenvalue weighted by atomic mass is 10.1. The van der Waals surface area contributed by atoms with Crippen molar-refractivity contribution in [3.63, 3.8) is 0 Å². The molecule has 5 heterocycles. The average molecular weight is 476 g/mol. The molecule has 32 heavy (non-hydrogen) atoms. The molecule has 4 aromatic heterocycles. The lowest BCUT2D eigenvalue weighted by Crippen LogP contribution is -2.38. The Morgan fingerprint density at radius 2 is 1.66 bits per heavy atom. The summed E-state index contributed by atoms with van der Waals surface area (Å²) in [5.74, 6) is 1.58. The van der Waals surface area contributed by atoms with Gasteiger partial charge in [0.15, 0.2) is 11.6 Å². The van der Waals surface area contributed by atoms with Gasteiger partial charge in [-0.3, -0.25) is 4.79 Å². The van der Waals surface area contributed by atoms with Crippen molar-refractivity contribution in [1.29, 1.82) is 0 Å². The predicted octanol–water partition coefficient (Wildman–Crippen LogP) is 5.51. The van der Waals surface area contributed by atoms with Crippen LogP contribution in [0.3, 0.4) is 0 Å². The van der Waals surface area contributed by atoms with Crippen LogP contribution >= 0.6 is 34.0 Å². The first-order chi connectivity index (χ1) is 15.8. The third kappa shape index (κ3) is 3.48. The molecule has 0 saturated carbocycles. The molecule has 0 aliphatic carbocycles. The molecule has 9 heteroatoms. The molecule has 0 atom stereocenters. The van der Waals surface area contributed by atoms with Crippen LogP contribution < -0.4 is 0 Å². The Hall–Kier alpha value is -3.14. The number of aromatic nitrogens is 4. The summed E-state index contributed by atoms with van der Waals surface area (Å²) in [5, 5.41) is 15.9. The van der Waals surface area contributed by atoms with Gasteiger partial charge in [-0.25, -0.2) is 4.98 Å². The molecule has 158 valence electrons. The monoisotopic (exact) mass is 475 g/mol. The first-order valence-electron chi connectivity index (χ1n) is 10.1. The second kappa shape index (κ2) is 8.09. The summed E-state index contributed by atoms with van der Waals surface area (Å²) in [6.45, 7) is 1.72. The molecule has 6 rings (SSSR count). The molecular weight excluding hydrogens is 458 g/mol. The minimum Gasteiger partial charge on any atom is -0.329 e. The molecular formula is C23H17N5OS3. The number of benzene rings is 1. The molecule has 0 spiro atoms. The van der Waals surface area contributed by atoms with Gasteiger partial charge in [0.25, 0.3) is 5.91 Å². The van der Waals surface area contributed by atoms with Gasteiger partial charge in [-0.15, -0.1) is 44.2 Å². The van der Waals surface area contributed by atoms with E-state index in [-0.39, 0.29) is 5.91 Å². The zero-order chi connectivity index (χ0) is 21.5. The van der Waals surface area contributed by atoms with Crippen molar-refractivity contribution in [2.75, 3.05) is 6.54 Å². The minimum absolute atomic E-state index is 0.0205. The van der Waals surface area contributed by atoms with E-state index in [1.54, 1.807) is 34.0 Å². The molecule has 6 nitrogen and oxygen atoms in total. The van der Waals surface area contributed by atoms with Crippen LogP contribution in [-0.2, 0) is 13.1 Å². The van der Waals surface area contributed by atoms with E-state index < -0.39 is 0 Å². The van der Waals surface area contributed by atoms with Gasteiger partial charge in [-0.05, 0) is 40.6 Å². The predicted molar refractivity (Wildman–Crippen MR) is 129 cm³/mol. The fourth-order valence-corrected chi connectivity index (χ4v) is 6.16. The number of hydrogen-bond acceptors (Lipinski definition) is 7. The van der Waals surface area contributed by atoms with Gasteiger partial charge in [-0.1, -0.05) is 24.3 Å². The number of hydrogen-bond donors (Lipinski definition) is 0. The van der Waals surface area contributed by atoms with Gasteiger partial charge in [0.2, 0.25) is 0 Å². The number of nitrogens with zero attached hydrogens (tertiary/aromatic N) is 5. The Bertz CT molecular complexity index is 1370. The second-order valence-corrected chi connectivity index (χ2v) is 10.1. The molecule has 0 N–H and O–H groups in total. The van der Waals surface area contributed by atoms with Gasteiger partial charge in [-0.2, -0.15) is 0 Å². The highest BCUT2D eigenvalue weighted by Gasteiger charge is 2.26. The van der Waals surface area contributed by atoms with E-state index in [1.807, 2.05) is 46.7 Å². The fraction of sp³-hybridized carbons (Fsp3) is 0.130. The van der Waals surface area contributed by atoms with Crippen molar-refractivity contribution in [2.45, 2.75) is 13.1 Å². The third-order valence-corrected chi connectivity index (χ3v) is 8.24. The SMILES string of the molecule is O=C(c1ccc(-c2cccs2)cc1)N1CCn2c(nnc2-c2csc(-c3cccs3)n2)C1. The molecule has 1 aliphatic rings. The molecule has 1 amide bonds. The first-order valence-corrected chi connectivity index (χ1v) is 12.8. The quantitative estimate of drug-likeness (QED) is 0.344. The Morgan fingerprint density at radius 3 is 2.41 bits per heavy atom. The molecule has 0 radical (unpaired) electrons. The standard InChI is InChI=1S/C23H17N5OS3/c29-23(16-7-5-15(6-8-16)18-3-1-11-30-18)27-9-10-28-20(13-27)25-26-21(28)17-14-32-22(24-17)19-4-2-12-31-19/h1-8,11-12,14H,9-10,13H2. The smallest absolute Gasteiger partial charge is 0.254 e. The maximum atomic E-state index is 13.1. The topological polar surface area (TPSA) is 63.9 Å². The second-order valence-electron chi connectivity index (χ2n) is 7.39. The highest BCUT2D eigenvalue weighted by molar-refractivity contribution is 7.20. The molecule has 5 aromatic rings. The zero-order valence-corrected chi connectivity index (χ0v) is 19.3. The Kier molecular flexibility index (Phi) is 4.94. The minimum atomic E-state index is 0.0205. The van der Waals surface area contributed by atoms with Crippen LogP contribution in [0, 0.1) is 0 Å². The van der Waals surface area contributed by atoms with E-state index in [0.717, 1.165) is 32.8 Å². The van der Waals surface area contributed by atoms with E-state index in [9.17, 15) is 4.79 Å². The van der Waals surface area contributed by atoms with Crippen molar-refractivity contribution in [2.24, 2.45) is 0 Å². The number of rotatable bonds is 4. The van der Waals surface area contributed by atoms with E-state index in [1.165, 1.54) is 4.88 Å². The van der Waals surface area contributed by atoms with Crippen molar-refractivity contribution in [1.82, 2.24) is 24.6 Å². The maximum absolute atomic E-state index is 13.1. The van der Waals surface area contributed by atoms with Gasteiger partial charge in [0.05, 0.1) is 11.4 Å². The number of fused-ring (bicyclic) bond motifs is 1. The first kappa shape index (κ1) is 19.5. The van der Waals surface area contributed by atoms with Gasteiger partial charge < -0.3 is 9.47 Å². The normalized spacial score (nSPS) is 13.3. The molecule has 0 saturated heterocycles. The van der Waals surface area contributed by atoms with E-state index in [0.29, 0.717) is 25.2 Å². The van der Waals surface area contributed by atoms with Crippen LogP contribution in [0.15, 0.2) is 64.7 Å². The average Bonchev–Trinajstić information content (AvgIpc) is 3.64. The molecule has 0 fully saturated rings. The van der Waals surface area contributed by atoms with Crippen molar-refractivity contribution >= 4 is 39.9 Å². The summed E-state index contributed by atoms with van der Waals surface area (Å²) in [5.41, 5.74) is 2.66. The lowest BCUT2D eigenvalue weighted by molar-refractivity contribution is 0.0708. The van der Waals surface area contributed by atoms with Crippen LogP contribution in [0.2, 0.25) is 0 Å². The highest BCUT2D eigenvalue weighted by atomic mass is 32.1.